The molecule has 0 nitrogen and oxygen atoms in total. The second-order valence-electron chi connectivity index (χ2n) is 2.64. The van der Waals surface area contributed by atoms with Gasteiger partial charge in [0.1, 0.15) is 0 Å². The minimum Gasteiger partial charge on any atom is -0.0654 e. The highest BCUT2D eigenvalue weighted by Crippen LogP contribution is 1.95. The quantitative estimate of drug-likeness (QED) is 0.591. The molecule has 0 heteroatoms. The van der Waals surface area contributed by atoms with Gasteiger partial charge in [-0.3, -0.25) is 0 Å². The molecule has 1 aromatic rings. The third-order valence-corrected chi connectivity index (χ3v) is 1.46. The van der Waals surface area contributed by atoms with Crippen LogP contribution in [0.3, 0.4) is 0 Å². The second kappa shape index (κ2) is 10.2. The van der Waals surface area contributed by atoms with Crippen molar-refractivity contribution in [2.45, 2.75) is 32.6 Å². The lowest BCUT2D eigenvalue weighted by Crippen LogP contribution is -1.66. The first-order valence-corrected chi connectivity index (χ1v) is 4.62. The van der Waals surface area contributed by atoms with Crippen LogP contribution in [0.25, 0.3) is 0 Å². The van der Waals surface area contributed by atoms with Gasteiger partial charge < -0.3 is 0 Å². The molecule has 1 aromatic carbocycles. The van der Waals surface area contributed by atoms with Crippen LogP contribution in [0.15, 0.2) is 30.3 Å². The summed E-state index contributed by atoms with van der Waals surface area (Å²) in [5, 5.41) is 0. The van der Waals surface area contributed by atoms with Gasteiger partial charge in [0.2, 0.25) is 0 Å². The van der Waals surface area contributed by atoms with Crippen molar-refractivity contribution >= 4 is 0 Å². The first-order valence-electron chi connectivity index (χ1n) is 4.62. The molecule has 0 saturated heterocycles. The summed E-state index contributed by atoms with van der Waals surface area (Å²) in [6, 6.07) is 12.5. The van der Waals surface area contributed by atoms with Crippen LogP contribution in [0, 0.1) is 13.0 Å². The van der Waals surface area contributed by atoms with Crippen molar-refractivity contribution in [3.8, 4) is 0 Å². The summed E-state index contributed by atoms with van der Waals surface area (Å²) in [6.45, 7) is 5.93. The van der Waals surface area contributed by atoms with E-state index >= 15 is 0 Å². The van der Waals surface area contributed by atoms with Crippen molar-refractivity contribution < 1.29 is 0 Å². The van der Waals surface area contributed by atoms with Gasteiger partial charge >= 0.3 is 0 Å². The lowest BCUT2D eigenvalue weighted by Gasteiger charge is -1.86. The normalized spacial score (nSPS) is 8.50. The predicted octanol–water partition coefficient (Wildman–Crippen LogP) is 3.89. The van der Waals surface area contributed by atoms with Crippen LogP contribution in [-0.4, -0.2) is 0 Å². The van der Waals surface area contributed by atoms with E-state index in [0.717, 1.165) is 6.42 Å². The van der Waals surface area contributed by atoms with Crippen LogP contribution in [0.5, 0.6) is 0 Å². The van der Waals surface area contributed by atoms with Crippen LogP contribution in [-0.2, 0) is 0 Å². The Labute approximate surface area is 76.6 Å². The maximum atomic E-state index is 3.72. The molecule has 0 aliphatic heterocycles. The fourth-order valence-electron chi connectivity index (χ4n) is 0.769. The largest absolute Gasteiger partial charge is 0.0654 e. The lowest BCUT2D eigenvalue weighted by molar-refractivity contribution is 0.728. The monoisotopic (exact) mass is 162 g/mol. The van der Waals surface area contributed by atoms with Gasteiger partial charge in [-0.25, -0.2) is 0 Å². The first-order chi connectivity index (χ1) is 5.91. The average Bonchev–Trinajstić information content (AvgIpc) is 2.18. The fraction of sp³-hybridized carbons (Fsp3) is 0.417. The molecule has 0 fully saturated rings. The highest BCUT2D eigenvalue weighted by molar-refractivity contribution is 4.97. The van der Waals surface area contributed by atoms with Gasteiger partial charge in [-0.05, 0) is 6.07 Å². The Hall–Kier alpha value is -0.780. The van der Waals surface area contributed by atoms with Gasteiger partial charge in [0.25, 0.3) is 0 Å². The van der Waals surface area contributed by atoms with Crippen molar-refractivity contribution in [1.82, 2.24) is 0 Å². The van der Waals surface area contributed by atoms with Crippen molar-refractivity contribution in [3.63, 3.8) is 0 Å². The molecule has 12 heavy (non-hydrogen) atoms. The minimum atomic E-state index is 1.10. The molecule has 66 valence electrons. The molecule has 0 atom stereocenters. The average molecular weight is 162 g/mol. The van der Waals surface area contributed by atoms with Gasteiger partial charge in [0.15, 0.2) is 0 Å². The molecule has 0 aliphatic rings. The summed E-state index contributed by atoms with van der Waals surface area (Å²) in [5.41, 5.74) is 0. The van der Waals surface area contributed by atoms with Gasteiger partial charge in [-0.15, -0.1) is 0 Å². The van der Waals surface area contributed by atoms with E-state index < -0.39 is 0 Å². The third-order valence-electron chi connectivity index (χ3n) is 1.46. The van der Waals surface area contributed by atoms with Crippen LogP contribution >= 0.6 is 0 Å². The van der Waals surface area contributed by atoms with Crippen LogP contribution < -0.4 is 0 Å². The molecule has 0 N–H and O–H groups in total. The molecule has 0 spiro atoms. The molecule has 0 amide bonds. The Balaban J connectivity index is 0.000000202. The fourth-order valence-corrected chi connectivity index (χ4v) is 0.769. The molecule has 0 heterocycles. The Kier molecular flexibility index (Phi) is 9.56. The summed E-state index contributed by atoms with van der Waals surface area (Å²) in [6.07, 6.45) is 5.07. The standard InChI is InChI=1S/C6H5.C6H13/c1-2-4-6-5-3-1;1-3-5-6-4-2/h1-5H;1,3-6H2,2H3. The Bertz CT molecular complexity index is 113. The maximum absolute atomic E-state index is 3.72. The summed E-state index contributed by atoms with van der Waals surface area (Å²) in [5.74, 6) is 0. The van der Waals surface area contributed by atoms with E-state index in [-0.39, 0.29) is 0 Å². The Morgan fingerprint density at radius 3 is 1.92 bits per heavy atom. The molecule has 0 aromatic heterocycles. The number of benzene rings is 1. The highest BCUT2D eigenvalue weighted by Gasteiger charge is 1.75. The zero-order valence-corrected chi connectivity index (χ0v) is 7.92. The van der Waals surface area contributed by atoms with Gasteiger partial charge in [0.05, 0.1) is 0 Å². The third kappa shape index (κ3) is 9.22. The molecule has 0 unspecified atom stereocenters. The van der Waals surface area contributed by atoms with Crippen molar-refractivity contribution in [2.75, 3.05) is 0 Å². The summed E-state index contributed by atoms with van der Waals surface area (Å²) in [7, 11) is 0. The number of hydrogen-bond acceptors (Lipinski definition) is 0. The summed E-state index contributed by atoms with van der Waals surface area (Å²) < 4.78 is 0. The maximum Gasteiger partial charge on any atom is -0.0184 e. The number of hydrogen-bond donors (Lipinski definition) is 0. The topological polar surface area (TPSA) is 0 Å². The van der Waals surface area contributed by atoms with Gasteiger partial charge in [-0.1, -0.05) is 69.9 Å². The van der Waals surface area contributed by atoms with Gasteiger partial charge in [0, 0.05) is 0 Å². The first kappa shape index (κ1) is 11.2. The van der Waals surface area contributed by atoms with E-state index in [9.17, 15) is 0 Å². The Morgan fingerprint density at radius 1 is 1.08 bits per heavy atom. The van der Waals surface area contributed by atoms with E-state index in [1.165, 1.54) is 19.3 Å². The van der Waals surface area contributed by atoms with E-state index in [4.69, 9.17) is 0 Å². The smallest absolute Gasteiger partial charge is 0.0184 e. The molecule has 2 radical (unpaired) electrons. The second-order valence-corrected chi connectivity index (χ2v) is 2.64. The lowest BCUT2D eigenvalue weighted by atomic mass is 10.2. The van der Waals surface area contributed by atoms with Gasteiger partial charge in [-0.2, -0.15) is 0 Å². The van der Waals surface area contributed by atoms with Crippen molar-refractivity contribution in [2.24, 2.45) is 0 Å². The van der Waals surface area contributed by atoms with Crippen LogP contribution in [0.4, 0.5) is 0 Å². The van der Waals surface area contributed by atoms with Crippen molar-refractivity contribution in [1.29, 1.82) is 0 Å². The van der Waals surface area contributed by atoms with E-state index in [0.29, 0.717) is 0 Å². The minimum absolute atomic E-state index is 1.10. The van der Waals surface area contributed by atoms with Crippen molar-refractivity contribution in [3.05, 3.63) is 43.3 Å². The SMILES string of the molecule is [CH2]CCCCC.[c]1ccccc1. The van der Waals surface area contributed by atoms with E-state index in [2.05, 4.69) is 19.9 Å². The zero-order chi connectivity index (χ0) is 9.07. The zero-order valence-electron chi connectivity index (χ0n) is 7.92. The number of rotatable bonds is 3. The van der Waals surface area contributed by atoms with Crippen LogP contribution in [0.1, 0.15) is 32.6 Å². The molecular weight excluding hydrogens is 144 g/mol. The summed E-state index contributed by atoms with van der Waals surface area (Å²) in [4.78, 5) is 0. The molecule has 1 rings (SSSR count). The van der Waals surface area contributed by atoms with E-state index in [1.807, 2.05) is 30.3 Å². The highest BCUT2D eigenvalue weighted by atomic mass is 13.8. The summed E-state index contributed by atoms with van der Waals surface area (Å²) >= 11 is 0. The molecular formula is C12H18. The van der Waals surface area contributed by atoms with Crippen LogP contribution in [0.2, 0.25) is 0 Å². The molecule has 0 bridgehead atoms. The molecule has 0 saturated carbocycles. The predicted molar refractivity (Wildman–Crippen MR) is 54.8 cm³/mol. The van der Waals surface area contributed by atoms with E-state index in [1.54, 1.807) is 0 Å². The Morgan fingerprint density at radius 2 is 1.75 bits per heavy atom. The molecule has 0 aliphatic carbocycles. The number of unbranched alkanes of at least 4 members (excludes halogenated alkanes) is 3.